The zero-order valence-electron chi connectivity index (χ0n) is 21.4. The highest BCUT2D eigenvalue weighted by molar-refractivity contribution is 5.86. The van der Waals surface area contributed by atoms with Crippen LogP contribution in [0.1, 0.15) is 60.5 Å². The Morgan fingerprint density at radius 3 is 1.79 bits per heavy atom. The molecule has 0 fully saturated rings. The number of ether oxygens (including phenoxy) is 4. The lowest BCUT2D eigenvalue weighted by Gasteiger charge is -2.34. The van der Waals surface area contributed by atoms with Gasteiger partial charge in [-0.15, -0.1) is 0 Å². The zero-order valence-corrected chi connectivity index (χ0v) is 21.4. The van der Waals surface area contributed by atoms with Crippen LogP contribution in [-0.4, -0.2) is 36.9 Å². The molecule has 0 heterocycles. The number of esters is 2. The Labute approximate surface area is 202 Å². The molecular weight excluding hydrogens is 434 g/mol. The van der Waals surface area contributed by atoms with Crippen molar-refractivity contribution in [2.45, 2.75) is 78.2 Å². The molecule has 0 saturated heterocycles. The Hall–Kier alpha value is -3.22. The highest BCUT2D eigenvalue weighted by atomic mass is 16.6. The Kier molecular flexibility index (Phi) is 8.96. The minimum atomic E-state index is -1.16. The molecule has 34 heavy (non-hydrogen) atoms. The van der Waals surface area contributed by atoms with E-state index in [1.165, 1.54) is 0 Å². The quantitative estimate of drug-likeness (QED) is 0.435. The first-order valence-electron chi connectivity index (χ1n) is 11.6. The summed E-state index contributed by atoms with van der Waals surface area (Å²) in [5.74, 6) is 0.380. The lowest BCUT2D eigenvalue weighted by atomic mass is 9.86. The number of nitrogens with one attached hydrogen (secondary N) is 1. The van der Waals surface area contributed by atoms with E-state index in [0.29, 0.717) is 17.7 Å². The van der Waals surface area contributed by atoms with Gasteiger partial charge in [-0.1, -0.05) is 19.1 Å². The first-order chi connectivity index (χ1) is 15.9. The van der Waals surface area contributed by atoms with Gasteiger partial charge in [-0.05, 0) is 89.9 Å². The third kappa shape index (κ3) is 6.65. The molecule has 0 spiro atoms. The molecule has 7 nitrogen and oxygen atoms in total. The molecule has 0 radical (unpaired) electrons. The molecule has 1 atom stereocenters. The Bertz CT molecular complexity index is 950. The summed E-state index contributed by atoms with van der Waals surface area (Å²) in [6.07, 6.45) is -0.0674. The second kappa shape index (κ2) is 11.3. The molecular formula is C27H37NO6. The van der Waals surface area contributed by atoms with E-state index < -0.39 is 17.1 Å². The van der Waals surface area contributed by atoms with E-state index in [2.05, 4.69) is 5.32 Å². The van der Waals surface area contributed by atoms with Crippen LogP contribution < -0.4 is 14.8 Å². The second-order valence-corrected chi connectivity index (χ2v) is 9.16. The lowest BCUT2D eigenvalue weighted by molar-refractivity contribution is -0.163. The van der Waals surface area contributed by atoms with Gasteiger partial charge >= 0.3 is 11.9 Å². The van der Waals surface area contributed by atoms with E-state index in [-0.39, 0.29) is 18.2 Å². The normalized spacial score (nSPS) is 13.2. The zero-order chi connectivity index (χ0) is 25.5. The smallest absolute Gasteiger partial charge is 0.350 e. The van der Waals surface area contributed by atoms with Crippen molar-refractivity contribution in [1.29, 1.82) is 0 Å². The average Bonchev–Trinajstić information content (AvgIpc) is 2.77. The van der Waals surface area contributed by atoms with E-state index in [4.69, 9.17) is 18.9 Å². The molecule has 0 aromatic heterocycles. The highest BCUT2D eigenvalue weighted by Gasteiger charge is 2.41. The van der Waals surface area contributed by atoms with E-state index >= 15 is 0 Å². The number of hydrogen-bond acceptors (Lipinski definition) is 7. The second-order valence-electron chi connectivity index (χ2n) is 9.16. The van der Waals surface area contributed by atoms with Crippen LogP contribution in [0.3, 0.4) is 0 Å². The van der Waals surface area contributed by atoms with E-state index in [1.54, 1.807) is 59.1 Å². The van der Waals surface area contributed by atoms with Crippen LogP contribution >= 0.6 is 0 Å². The molecule has 0 aliphatic heterocycles. The van der Waals surface area contributed by atoms with Crippen molar-refractivity contribution >= 4 is 17.6 Å². The van der Waals surface area contributed by atoms with Crippen LogP contribution in [0.5, 0.6) is 11.5 Å². The van der Waals surface area contributed by atoms with Gasteiger partial charge in [0.15, 0.2) is 11.1 Å². The molecule has 7 heteroatoms. The van der Waals surface area contributed by atoms with Gasteiger partial charge in [-0.25, -0.2) is 9.59 Å². The largest absolute Gasteiger partial charge is 0.497 e. The van der Waals surface area contributed by atoms with Gasteiger partial charge in [0.05, 0.1) is 19.3 Å². The van der Waals surface area contributed by atoms with Crippen LogP contribution in [0.15, 0.2) is 48.5 Å². The van der Waals surface area contributed by atoms with E-state index in [9.17, 15) is 9.59 Å². The number of carbonyl (C=O) groups excluding carboxylic acids is 2. The van der Waals surface area contributed by atoms with Crippen molar-refractivity contribution in [2.24, 2.45) is 0 Å². The van der Waals surface area contributed by atoms with Crippen LogP contribution in [-0.2, 0) is 24.6 Å². The lowest BCUT2D eigenvalue weighted by Crippen LogP contribution is -2.45. The summed E-state index contributed by atoms with van der Waals surface area (Å²) >= 11 is 0. The van der Waals surface area contributed by atoms with E-state index in [0.717, 1.165) is 11.4 Å². The molecule has 2 aromatic rings. The number of carbonyl (C=O) groups is 2. The summed E-state index contributed by atoms with van der Waals surface area (Å²) in [7, 11) is 1.60. The summed E-state index contributed by atoms with van der Waals surface area (Å²) < 4.78 is 22.1. The number of benzene rings is 2. The predicted octanol–water partition coefficient (Wildman–Crippen LogP) is 5.47. The van der Waals surface area contributed by atoms with Gasteiger partial charge < -0.3 is 24.3 Å². The molecule has 0 bridgehead atoms. The van der Waals surface area contributed by atoms with Crippen LogP contribution in [0.25, 0.3) is 0 Å². The molecule has 2 rings (SSSR count). The first-order valence-corrected chi connectivity index (χ1v) is 11.6. The molecule has 0 aliphatic rings. The number of anilines is 1. The van der Waals surface area contributed by atoms with Gasteiger partial charge in [0.25, 0.3) is 0 Å². The Balaban J connectivity index is 2.38. The number of hydrogen-bond donors (Lipinski definition) is 1. The molecule has 1 N–H and O–H groups in total. The molecule has 0 amide bonds. The van der Waals surface area contributed by atoms with Crippen molar-refractivity contribution in [1.82, 2.24) is 0 Å². The Morgan fingerprint density at radius 1 is 0.824 bits per heavy atom. The van der Waals surface area contributed by atoms with Gasteiger partial charge in [-0.3, -0.25) is 0 Å². The predicted molar refractivity (Wildman–Crippen MR) is 132 cm³/mol. The SMILES string of the molecule is CC[C@@](Nc1ccc(OC)cc1)(C(=O)OC(C)C)c1ccc(OC(C)(C)C(=O)OC(C)C)cc1. The van der Waals surface area contributed by atoms with Crippen molar-refractivity contribution in [3.05, 3.63) is 54.1 Å². The highest BCUT2D eigenvalue weighted by Crippen LogP contribution is 2.34. The van der Waals surface area contributed by atoms with E-state index in [1.807, 2.05) is 45.0 Å². The van der Waals surface area contributed by atoms with Crippen LogP contribution in [0.2, 0.25) is 0 Å². The fraction of sp³-hybridized carbons (Fsp3) is 0.481. The summed E-state index contributed by atoms with van der Waals surface area (Å²) in [5.41, 5.74) is -0.817. The maximum absolute atomic E-state index is 13.3. The fourth-order valence-corrected chi connectivity index (χ4v) is 3.41. The minimum absolute atomic E-state index is 0.237. The number of methoxy groups -OCH3 is 1. The summed E-state index contributed by atoms with van der Waals surface area (Å²) in [5, 5.41) is 3.38. The molecule has 186 valence electrons. The van der Waals surface area contributed by atoms with Gasteiger partial charge in [-0.2, -0.15) is 0 Å². The third-order valence-electron chi connectivity index (χ3n) is 5.22. The molecule has 0 unspecified atom stereocenters. The summed E-state index contributed by atoms with van der Waals surface area (Å²) in [6.45, 7) is 12.5. The topological polar surface area (TPSA) is 83.1 Å². The van der Waals surface area contributed by atoms with Crippen molar-refractivity contribution < 1.29 is 28.5 Å². The molecule has 0 aliphatic carbocycles. The molecule has 2 aromatic carbocycles. The number of rotatable bonds is 11. The summed E-state index contributed by atoms with van der Waals surface area (Å²) in [6, 6.07) is 14.4. The first kappa shape index (κ1) is 27.0. The monoisotopic (exact) mass is 471 g/mol. The van der Waals surface area contributed by atoms with Crippen molar-refractivity contribution in [3.63, 3.8) is 0 Å². The van der Waals surface area contributed by atoms with Crippen molar-refractivity contribution in [3.8, 4) is 11.5 Å². The van der Waals surface area contributed by atoms with Crippen LogP contribution in [0, 0.1) is 0 Å². The van der Waals surface area contributed by atoms with Crippen LogP contribution in [0.4, 0.5) is 5.69 Å². The third-order valence-corrected chi connectivity index (χ3v) is 5.22. The maximum atomic E-state index is 13.3. The van der Waals surface area contributed by atoms with Gasteiger partial charge in [0.2, 0.25) is 0 Å². The fourth-order valence-electron chi connectivity index (χ4n) is 3.41. The van der Waals surface area contributed by atoms with Gasteiger partial charge in [0, 0.05) is 5.69 Å². The molecule has 0 saturated carbocycles. The summed E-state index contributed by atoms with van der Waals surface area (Å²) in [4.78, 5) is 25.7. The minimum Gasteiger partial charge on any atom is -0.497 e. The Morgan fingerprint density at radius 2 is 1.32 bits per heavy atom. The maximum Gasteiger partial charge on any atom is 0.350 e. The van der Waals surface area contributed by atoms with Crippen molar-refractivity contribution in [2.75, 3.05) is 12.4 Å². The average molecular weight is 472 g/mol. The standard InChI is InChI=1S/C27H37NO6/c1-9-27(25(30)33-19(4)5,28-21-12-16-22(31-8)17-13-21)20-10-14-23(15-11-20)34-26(6,7)24(29)32-18(2)3/h10-19,28H,9H2,1-8H3/t27-/m0/s1. The van der Waals surface area contributed by atoms with Gasteiger partial charge in [0.1, 0.15) is 11.5 Å².